The third-order valence-corrected chi connectivity index (χ3v) is 5.29. The summed E-state index contributed by atoms with van der Waals surface area (Å²) in [6.45, 7) is -0.203. The molecule has 0 atom stereocenters. The van der Waals surface area contributed by atoms with Crippen molar-refractivity contribution >= 4 is 35.4 Å². The Labute approximate surface area is 206 Å². The van der Waals surface area contributed by atoms with Crippen molar-refractivity contribution < 1.29 is 29.4 Å². The van der Waals surface area contributed by atoms with E-state index in [-0.39, 0.29) is 36.3 Å². The first-order valence-electron chi connectivity index (χ1n) is 10.9. The Morgan fingerprint density at radius 2 is 1.53 bits per heavy atom. The van der Waals surface area contributed by atoms with Crippen LogP contribution in [0.5, 0.6) is 0 Å². The highest BCUT2D eigenvalue weighted by molar-refractivity contribution is 6.09. The number of carboxylic acids is 2. The van der Waals surface area contributed by atoms with Gasteiger partial charge >= 0.3 is 18.0 Å². The molecule has 0 bridgehead atoms. The van der Waals surface area contributed by atoms with Crippen LogP contribution < -0.4 is 11.1 Å². The molecule has 0 heterocycles. The summed E-state index contributed by atoms with van der Waals surface area (Å²) in [5.74, 6) is -3.24. The lowest BCUT2D eigenvalue weighted by atomic mass is 9.97. The molecule has 10 nitrogen and oxygen atoms in total. The summed E-state index contributed by atoms with van der Waals surface area (Å²) in [7, 11) is 0. The minimum absolute atomic E-state index is 0.00561. The summed E-state index contributed by atoms with van der Waals surface area (Å²) in [6.07, 6.45) is -0.261. The zero-order valence-corrected chi connectivity index (χ0v) is 19.1. The molecule has 0 aliphatic rings. The predicted molar refractivity (Wildman–Crippen MR) is 133 cm³/mol. The summed E-state index contributed by atoms with van der Waals surface area (Å²) >= 11 is 0. The first-order chi connectivity index (χ1) is 17.2. The van der Waals surface area contributed by atoms with E-state index in [4.69, 9.17) is 16.2 Å². The molecule has 0 radical (unpaired) electrons. The van der Waals surface area contributed by atoms with E-state index >= 15 is 0 Å². The summed E-state index contributed by atoms with van der Waals surface area (Å²) in [5, 5.41) is 28.7. The first-order valence-corrected chi connectivity index (χ1v) is 10.9. The fraction of sp³-hybridized carbons (Fsp3) is 0.115. The number of carbonyl (C=O) groups excluding carboxylic acids is 2. The largest absolute Gasteiger partial charge is 0.481 e. The second kappa shape index (κ2) is 11.4. The molecule has 36 heavy (non-hydrogen) atoms. The topological polar surface area (TPSA) is 174 Å². The quantitative estimate of drug-likeness (QED) is 0.224. The number of nitrogens with zero attached hydrogens (tertiary/aromatic N) is 1. The van der Waals surface area contributed by atoms with Crippen LogP contribution in [-0.2, 0) is 4.79 Å². The third kappa shape index (κ3) is 6.32. The number of hydrogen-bond donors (Lipinski definition) is 5. The van der Waals surface area contributed by atoms with Crippen molar-refractivity contribution in [2.24, 2.45) is 5.73 Å². The minimum atomic E-state index is -1.24. The molecule has 0 aromatic heterocycles. The van der Waals surface area contributed by atoms with Crippen LogP contribution in [0.2, 0.25) is 0 Å². The molecule has 3 aromatic carbocycles. The van der Waals surface area contributed by atoms with Crippen molar-refractivity contribution in [3.8, 4) is 11.1 Å². The number of urea groups is 1. The Morgan fingerprint density at radius 1 is 0.889 bits per heavy atom. The molecule has 3 aromatic rings. The summed E-state index contributed by atoms with van der Waals surface area (Å²) in [6, 6.07) is 18.2. The van der Waals surface area contributed by atoms with Crippen LogP contribution in [0, 0.1) is 5.41 Å². The fourth-order valence-corrected chi connectivity index (χ4v) is 3.49. The lowest BCUT2D eigenvalue weighted by molar-refractivity contribution is -0.137. The number of carbonyl (C=O) groups is 4. The molecule has 0 aliphatic heterocycles. The average Bonchev–Trinajstić information content (AvgIpc) is 2.86. The van der Waals surface area contributed by atoms with Gasteiger partial charge in [-0.15, -0.1) is 0 Å². The van der Waals surface area contributed by atoms with Crippen LogP contribution in [0.25, 0.3) is 11.1 Å². The van der Waals surface area contributed by atoms with Gasteiger partial charge in [0.1, 0.15) is 5.84 Å². The smallest absolute Gasteiger partial charge is 0.336 e. The van der Waals surface area contributed by atoms with E-state index in [1.165, 1.54) is 42.5 Å². The van der Waals surface area contributed by atoms with Crippen LogP contribution in [-0.4, -0.2) is 51.4 Å². The van der Waals surface area contributed by atoms with Crippen LogP contribution in [0.4, 0.5) is 10.5 Å². The van der Waals surface area contributed by atoms with E-state index in [1.54, 1.807) is 30.3 Å². The van der Waals surface area contributed by atoms with Gasteiger partial charge in [0, 0.05) is 29.8 Å². The number of anilines is 1. The van der Waals surface area contributed by atoms with Gasteiger partial charge in [-0.3, -0.25) is 19.9 Å². The maximum atomic E-state index is 13.3. The predicted octanol–water partition coefficient (Wildman–Crippen LogP) is 3.87. The van der Waals surface area contributed by atoms with E-state index in [0.717, 1.165) is 4.90 Å². The van der Waals surface area contributed by atoms with Gasteiger partial charge in [0.05, 0.1) is 5.56 Å². The Morgan fingerprint density at radius 3 is 2.11 bits per heavy atom. The van der Waals surface area contributed by atoms with Crippen molar-refractivity contribution in [2.75, 3.05) is 11.9 Å². The van der Waals surface area contributed by atoms with E-state index < -0.39 is 23.9 Å². The van der Waals surface area contributed by atoms with Crippen molar-refractivity contribution in [2.45, 2.75) is 12.8 Å². The summed E-state index contributed by atoms with van der Waals surface area (Å²) in [5.41, 5.74) is 7.11. The van der Waals surface area contributed by atoms with Crippen LogP contribution in [0.15, 0.2) is 72.8 Å². The molecule has 0 saturated heterocycles. The van der Waals surface area contributed by atoms with Crippen molar-refractivity contribution in [3.05, 3.63) is 89.5 Å². The first kappa shape index (κ1) is 25.6. The SMILES string of the molecule is N=C(N)c1ccc(NC(=O)N(CCCC(=O)O)C(=O)c2ccc(-c3ccccc3)c(C(=O)O)c2)cc1. The van der Waals surface area contributed by atoms with Gasteiger partial charge in [0.15, 0.2) is 0 Å². The molecule has 3 amide bonds. The zero-order chi connectivity index (χ0) is 26.2. The summed E-state index contributed by atoms with van der Waals surface area (Å²) in [4.78, 5) is 50.0. The third-order valence-electron chi connectivity index (χ3n) is 5.29. The number of carboxylic acid groups (broad SMARTS) is 2. The summed E-state index contributed by atoms with van der Waals surface area (Å²) < 4.78 is 0. The van der Waals surface area contributed by atoms with Gasteiger partial charge in [-0.05, 0) is 53.9 Å². The second-order valence-electron chi connectivity index (χ2n) is 7.81. The van der Waals surface area contributed by atoms with Gasteiger partial charge in [-0.2, -0.15) is 0 Å². The number of nitrogens with one attached hydrogen (secondary N) is 2. The Bertz CT molecular complexity index is 1310. The van der Waals surface area contributed by atoms with Gasteiger partial charge in [0.2, 0.25) is 0 Å². The molecule has 0 spiro atoms. The van der Waals surface area contributed by atoms with Gasteiger partial charge < -0.3 is 21.3 Å². The molecule has 184 valence electrons. The maximum absolute atomic E-state index is 13.3. The Balaban J connectivity index is 1.90. The Kier molecular flexibility index (Phi) is 8.14. The number of nitrogen functional groups attached to an aromatic ring is 1. The van der Waals surface area contributed by atoms with Gasteiger partial charge in [0.25, 0.3) is 5.91 Å². The average molecular weight is 489 g/mol. The molecule has 6 N–H and O–H groups in total. The number of benzene rings is 3. The number of rotatable bonds is 9. The molecule has 0 unspecified atom stereocenters. The fourth-order valence-electron chi connectivity index (χ4n) is 3.49. The van der Waals surface area contributed by atoms with E-state index in [0.29, 0.717) is 22.4 Å². The molecule has 3 rings (SSSR count). The monoisotopic (exact) mass is 488 g/mol. The van der Waals surface area contributed by atoms with Crippen LogP contribution in [0.1, 0.15) is 39.1 Å². The zero-order valence-electron chi connectivity index (χ0n) is 19.1. The number of nitrogens with two attached hydrogens (primary N) is 1. The van der Waals surface area contributed by atoms with E-state index in [9.17, 15) is 24.3 Å². The normalized spacial score (nSPS) is 10.3. The highest BCUT2D eigenvalue weighted by atomic mass is 16.4. The van der Waals surface area contributed by atoms with Gasteiger partial charge in [-0.1, -0.05) is 36.4 Å². The van der Waals surface area contributed by atoms with Gasteiger partial charge in [-0.25, -0.2) is 9.59 Å². The second-order valence-corrected chi connectivity index (χ2v) is 7.81. The molecular weight excluding hydrogens is 464 g/mol. The molecule has 0 fully saturated rings. The Hall–Kier alpha value is -4.99. The number of amides is 3. The highest BCUT2D eigenvalue weighted by Gasteiger charge is 2.25. The van der Waals surface area contributed by atoms with Crippen LogP contribution >= 0.6 is 0 Å². The number of aliphatic carboxylic acids is 1. The highest BCUT2D eigenvalue weighted by Crippen LogP contribution is 2.25. The molecular formula is C26H24N4O6. The molecule has 0 saturated carbocycles. The van der Waals surface area contributed by atoms with Crippen molar-refractivity contribution in [1.29, 1.82) is 5.41 Å². The maximum Gasteiger partial charge on any atom is 0.336 e. The number of amidine groups is 1. The molecule has 10 heteroatoms. The lowest BCUT2D eigenvalue weighted by Crippen LogP contribution is -2.41. The number of aromatic carboxylic acids is 1. The van der Waals surface area contributed by atoms with E-state index in [2.05, 4.69) is 5.32 Å². The number of imide groups is 1. The van der Waals surface area contributed by atoms with Crippen molar-refractivity contribution in [1.82, 2.24) is 4.90 Å². The molecule has 0 aliphatic carbocycles. The minimum Gasteiger partial charge on any atom is -0.481 e. The van der Waals surface area contributed by atoms with Crippen LogP contribution in [0.3, 0.4) is 0 Å². The van der Waals surface area contributed by atoms with Crippen molar-refractivity contribution in [3.63, 3.8) is 0 Å². The standard InChI is InChI=1S/C26H24N4O6/c27-23(28)17-8-11-19(12-9-17)29-26(36)30(14-4-7-22(31)32)24(33)18-10-13-20(21(15-18)25(34)35)16-5-2-1-3-6-16/h1-3,5-6,8-13,15H,4,7,14H2,(H3,27,28)(H,29,36)(H,31,32)(H,34,35). The number of hydrogen-bond acceptors (Lipinski definition) is 5. The van der Waals surface area contributed by atoms with E-state index in [1.807, 2.05) is 0 Å². The lowest BCUT2D eigenvalue weighted by Gasteiger charge is -2.22.